The van der Waals surface area contributed by atoms with Gasteiger partial charge >= 0.3 is 5.97 Å². The summed E-state index contributed by atoms with van der Waals surface area (Å²) in [6, 6.07) is 1.58. The van der Waals surface area contributed by atoms with Crippen LogP contribution in [-0.2, 0) is 28.8 Å². The van der Waals surface area contributed by atoms with E-state index in [1.807, 2.05) is 0 Å². The van der Waals surface area contributed by atoms with Gasteiger partial charge in [-0.25, -0.2) is 9.78 Å². The highest BCUT2D eigenvalue weighted by molar-refractivity contribution is 7.18. The Morgan fingerprint density at radius 3 is 3.04 bits per heavy atom. The minimum absolute atomic E-state index is 0.115. The molecule has 0 saturated heterocycles. The van der Waals surface area contributed by atoms with Gasteiger partial charge in [-0.3, -0.25) is 9.59 Å². The minimum Gasteiger partial charge on any atom is -0.465 e. The number of aryl methyl sites for hydroxylation is 3. The molecule has 140 valence electrons. The van der Waals surface area contributed by atoms with Gasteiger partial charge in [0.15, 0.2) is 0 Å². The van der Waals surface area contributed by atoms with Gasteiger partial charge in [0.25, 0.3) is 5.56 Å². The number of H-pyrrole nitrogens is 1. The van der Waals surface area contributed by atoms with Gasteiger partial charge in [-0.05, 0) is 30.9 Å². The molecule has 0 bridgehead atoms. The molecule has 27 heavy (non-hydrogen) atoms. The first-order valence-electron chi connectivity index (χ1n) is 8.55. The lowest BCUT2D eigenvalue weighted by Gasteiger charge is -2.03. The van der Waals surface area contributed by atoms with E-state index in [-0.39, 0.29) is 17.9 Å². The maximum atomic E-state index is 12.4. The Labute approximate surface area is 162 Å². The van der Waals surface area contributed by atoms with Gasteiger partial charge in [0.1, 0.15) is 10.7 Å². The summed E-state index contributed by atoms with van der Waals surface area (Å²) in [5.41, 5.74) is 1.43. The molecule has 1 aliphatic rings. The molecule has 7 nitrogen and oxygen atoms in total. The van der Waals surface area contributed by atoms with Crippen LogP contribution in [0.15, 0.2) is 16.2 Å². The Hall–Kier alpha value is -2.52. The van der Waals surface area contributed by atoms with Gasteiger partial charge in [0.2, 0.25) is 5.91 Å². The number of carbonyl (C=O) groups is 2. The second-order valence-corrected chi connectivity index (χ2v) is 8.28. The Bertz CT molecular complexity index is 1100. The van der Waals surface area contributed by atoms with Crippen LogP contribution in [0, 0.1) is 0 Å². The van der Waals surface area contributed by atoms with Crippen LogP contribution in [-0.4, -0.2) is 29.0 Å². The molecule has 1 aliphatic carbocycles. The SMILES string of the molecule is COC(=O)c1csc(NC(=O)CCc2nc3sc4c(c3c(=O)[nH]2)CCC4)c1. The van der Waals surface area contributed by atoms with E-state index in [0.717, 1.165) is 35.0 Å². The Morgan fingerprint density at radius 1 is 1.37 bits per heavy atom. The summed E-state index contributed by atoms with van der Waals surface area (Å²) in [6.07, 6.45) is 3.58. The van der Waals surface area contributed by atoms with Crippen LogP contribution < -0.4 is 10.9 Å². The maximum Gasteiger partial charge on any atom is 0.338 e. The van der Waals surface area contributed by atoms with Crippen LogP contribution in [0.1, 0.15) is 39.5 Å². The van der Waals surface area contributed by atoms with E-state index < -0.39 is 5.97 Å². The number of nitrogens with one attached hydrogen (secondary N) is 2. The van der Waals surface area contributed by atoms with Crippen LogP contribution in [0.3, 0.4) is 0 Å². The van der Waals surface area contributed by atoms with Crippen molar-refractivity contribution in [2.75, 3.05) is 12.4 Å². The summed E-state index contributed by atoms with van der Waals surface area (Å²) in [5, 5.41) is 5.67. The number of ether oxygens (including phenoxy) is 1. The van der Waals surface area contributed by atoms with Gasteiger partial charge in [0, 0.05) is 23.1 Å². The molecular formula is C18H17N3O4S2. The van der Waals surface area contributed by atoms with Crippen molar-refractivity contribution in [2.45, 2.75) is 32.1 Å². The predicted octanol–water partition coefficient (Wildman–Crippen LogP) is 2.89. The molecule has 2 N–H and O–H groups in total. The zero-order valence-electron chi connectivity index (χ0n) is 14.6. The number of aromatic nitrogens is 2. The molecule has 0 saturated carbocycles. The minimum atomic E-state index is -0.440. The molecule has 3 heterocycles. The predicted molar refractivity (Wildman–Crippen MR) is 105 cm³/mol. The molecule has 0 aliphatic heterocycles. The topological polar surface area (TPSA) is 101 Å². The van der Waals surface area contributed by atoms with Crippen molar-refractivity contribution >= 4 is 49.8 Å². The van der Waals surface area contributed by atoms with Crippen molar-refractivity contribution < 1.29 is 14.3 Å². The van der Waals surface area contributed by atoms with E-state index in [2.05, 4.69) is 20.0 Å². The first kappa shape index (κ1) is 17.9. The van der Waals surface area contributed by atoms with Gasteiger partial charge in [-0.15, -0.1) is 22.7 Å². The van der Waals surface area contributed by atoms with Gasteiger partial charge in [-0.2, -0.15) is 0 Å². The molecule has 3 aromatic heterocycles. The zero-order chi connectivity index (χ0) is 19.0. The van der Waals surface area contributed by atoms with Crippen molar-refractivity contribution in [3.63, 3.8) is 0 Å². The highest BCUT2D eigenvalue weighted by atomic mass is 32.1. The fourth-order valence-electron chi connectivity index (χ4n) is 3.22. The molecule has 0 aromatic carbocycles. The number of aromatic amines is 1. The van der Waals surface area contributed by atoms with Crippen LogP contribution in [0.2, 0.25) is 0 Å². The lowest BCUT2D eigenvalue weighted by molar-refractivity contribution is -0.116. The number of fused-ring (bicyclic) bond motifs is 3. The van der Waals surface area contributed by atoms with Crippen molar-refractivity contribution in [1.29, 1.82) is 0 Å². The number of methoxy groups -OCH3 is 1. The molecule has 0 fully saturated rings. The summed E-state index contributed by atoms with van der Waals surface area (Å²) >= 11 is 2.84. The standard InChI is InChI=1S/C18H17N3O4S2/c1-25-18(24)9-7-14(26-8-9)21-13(22)6-5-12-19-16(23)15-10-3-2-4-11(10)27-17(15)20-12/h7-8H,2-6H2,1H3,(H,21,22)(H,19,20,23). The quantitative estimate of drug-likeness (QED) is 0.638. The molecule has 9 heteroatoms. The Balaban J connectivity index is 1.42. The van der Waals surface area contributed by atoms with Crippen LogP contribution in [0.5, 0.6) is 0 Å². The molecule has 0 spiro atoms. The van der Waals surface area contributed by atoms with Gasteiger partial charge in [0.05, 0.1) is 23.1 Å². The molecular weight excluding hydrogens is 386 g/mol. The fourth-order valence-corrected chi connectivity index (χ4v) is 5.29. The highest BCUT2D eigenvalue weighted by Crippen LogP contribution is 2.34. The van der Waals surface area contributed by atoms with Crippen LogP contribution >= 0.6 is 22.7 Å². The summed E-state index contributed by atoms with van der Waals surface area (Å²) in [7, 11) is 1.31. The number of esters is 1. The number of nitrogens with zero attached hydrogens (tertiary/aromatic N) is 1. The Morgan fingerprint density at radius 2 is 2.22 bits per heavy atom. The smallest absolute Gasteiger partial charge is 0.338 e. The van der Waals surface area contributed by atoms with E-state index in [4.69, 9.17) is 0 Å². The first-order valence-corrected chi connectivity index (χ1v) is 10.2. The van der Waals surface area contributed by atoms with Gasteiger partial charge in [-0.1, -0.05) is 0 Å². The van der Waals surface area contributed by atoms with E-state index in [1.165, 1.54) is 23.3 Å². The van der Waals surface area contributed by atoms with E-state index in [1.54, 1.807) is 22.8 Å². The van der Waals surface area contributed by atoms with Crippen LogP contribution in [0.25, 0.3) is 10.2 Å². The number of anilines is 1. The average molecular weight is 403 g/mol. The monoisotopic (exact) mass is 403 g/mol. The lowest BCUT2D eigenvalue weighted by atomic mass is 10.2. The van der Waals surface area contributed by atoms with Crippen molar-refractivity contribution in [3.05, 3.63) is 43.6 Å². The number of hydrogen-bond donors (Lipinski definition) is 2. The van der Waals surface area contributed by atoms with Crippen molar-refractivity contribution in [1.82, 2.24) is 9.97 Å². The fraction of sp³-hybridized carbons (Fsp3) is 0.333. The number of amides is 1. The molecule has 1 amide bonds. The van der Waals surface area contributed by atoms with Gasteiger partial charge < -0.3 is 15.0 Å². The second-order valence-electron chi connectivity index (χ2n) is 6.29. The molecule has 0 unspecified atom stereocenters. The summed E-state index contributed by atoms with van der Waals surface area (Å²) in [6.45, 7) is 0. The molecule has 0 atom stereocenters. The molecule has 3 aromatic rings. The summed E-state index contributed by atoms with van der Waals surface area (Å²) in [4.78, 5) is 45.4. The lowest BCUT2D eigenvalue weighted by Crippen LogP contribution is -2.15. The average Bonchev–Trinajstić information content (AvgIpc) is 3.34. The highest BCUT2D eigenvalue weighted by Gasteiger charge is 2.21. The number of carbonyl (C=O) groups excluding carboxylic acids is 2. The van der Waals surface area contributed by atoms with E-state index >= 15 is 0 Å². The maximum absolute atomic E-state index is 12.4. The summed E-state index contributed by atoms with van der Waals surface area (Å²) in [5.74, 6) is -0.127. The number of hydrogen-bond acceptors (Lipinski definition) is 7. The third kappa shape index (κ3) is 3.52. The van der Waals surface area contributed by atoms with E-state index in [0.29, 0.717) is 22.8 Å². The third-order valence-corrected chi connectivity index (χ3v) is 6.53. The first-order chi connectivity index (χ1) is 13.0. The molecule has 4 rings (SSSR count). The largest absolute Gasteiger partial charge is 0.465 e. The molecule has 0 radical (unpaired) electrons. The van der Waals surface area contributed by atoms with Crippen molar-refractivity contribution in [3.8, 4) is 0 Å². The van der Waals surface area contributed by atoms with E-state index in [9.17, 15) is 14.4 Å². The zero-order valence-corrected chi connectivity index (χ0v) is 16.2. The second kappa shape index (κ2) is 7.24. The third-order valence-electron chi connectivity index (χ3n) is 4.50. The Kier molecular flexibility index (Phi) is 4.79. The number of thiophene rings is 2. The number of rotatable bonds is 5. The van der Waals surface area contributed by atoms with Crippen molar-refractivity contribution in [2.24, 2.45) is 0 Å². The summed E-state index contributed by atoms with van der Waals surface area (Å²) < 4.78 is 4.64. The normalized spacial score (nSPS) is 12.9. The van der Waals surface area contributed by atoms with Crippen LogP contribution in [0.4, 0.5) is 5.00 Å².